The van der Waals surface area contributed by atoms with Crippen molar-refractivity contribution in [1.29, 1.82) is 0 Å². The van der Waals surface area contributed by atoms with Gasteiger partial charge in [0.15, 0.2) is 0 Å². The molecule has 5 heteroatoms. The molecule has 1 fully saturated rings. The van der Waals surface area contributed by atoms with E-state index in [1.54, 1.807) is 0 Å². The summed E-state index contributed by atoms with van der Waals surface area (Å²) in [4.78, 5) is 1.95. The second-order valence-electron chi connectivity index (χ2n) is 2.22. The third kappa shape index (κ3) is 1.51. The van der Waals surface area contributed by atoms with Crippen molar-refractivity contribution in [2.45, 2.75) is 0 Å². The number of hydrazone groups is 1. The van der Waals surface area contributed by atoms with Crippen molar-refractivity contribution < 1.29 is 0 Å². The zero-order valence-electron chi connectivity index (χ0n) is 5.88. The van der Waals surface area contributed by atoms with Gasteiger partial charge in [0, 0.05) is 26.2 Å². The standard InChI is InChI=1S/C5H13N5/c6-5(9-7)10-3-1-8-2-4-10/h8H,1-4,7H2,(H2,6,9). The number of nitrogens with two attached hydrogens (primary N) is 2. The molecule has 0 unspecified atom stereocenters. The highest BCUT2D eigenvalue weighted by atomic mass is 15.3. The van der Waals surface area contributed by atoms with Gasteiger partial charge in [-0.05, 0) is 0 Å². The second kappa shape index (κ2) is 3.26. The molecular formula is C5H13N5. The maximum atomic E-state index is 5.47. The van der Waals surface area contributed by atoms with E-state index in [0.717, 1.165) is 26.2 Å². The number of hydrogen-bond donors (Lipinski definition) is 3. The molecule has 0 bridgehead atoms. The van der Waals surface area contributed by atoms with Crippen LogP contribution in [0.4, 0.5) is 0 Å². The molecule has 58 valence electrons. The van der Waals surface area contributed by atoms with Crippen molar-refractivity contribution in [1.82, 2.24) is 10.2 Å². The first-order valence-corrected chi connectivity index (χ1v) is 3.33. The maximum Gasteiger partial charge on any atom is 0.213 e. The number of nitrogens with zero attached hydrogens (tertiary/aromatic N) is 2. The number of rotatable bonds is 0. The van der Waals surface area contributed by atoms with Crippen LogP contribution in [0.2, 0.25) is 0 Å². The van der Waals surface area contributed by atoms with E-state index < -0.39 is 0 Å². The predicted molar refractivity (Wildman–Crippen MR) is 40.3 cm³/mol. The Balaban J connectivity index is 2.39. The predicted octanol–water partition coefficient (Wildman–Crippen LogP) is -1.92. The zero-order valence-corrected chi connectivity index (χ0v) is 5.88. The largest absolute Gasteiger partial charge is 0.368 e. The minimum Gasteiger partial charge on any atom is -0.368 e. The van der Waals surface area contributed by atoms with Crippen molar-refractivity contribution in [3.05, 3.63) is 0 Å². The van der Waals surface area contributed by atoms with Crippen molar-refractivity contribution in [3.8, 4) is 0 Å². The summed E-state index contributed by atoms with van der Waals surface area (Å²) in [6.07, 6.45) is 0. The van der Waals surface area contributed by atoms with Crippen molar-refractivity contribution in [2.75, 3.05) is 26.2 Å². The first-order chi connectivity index (χ1) is 4.84. The number of piperazine rings is 1. The van der Waals surface area contributed by atoms with E-state index in [4.69, 9.17) is 11.6 Å². The van der Waals surface area contributed by atoms with Gasteiger partial charge in [0.25, 0.3) is 0 Å². The molecule has 1 aliphatic heterocycles. The Morgan fingerprint density at radius 1 is 1.40 bits per heavy atom. The molecule has 0 amide bonds. The summed E-state index contributed by atoms with van der Waals surface area (Å²) in [6.45, 7) is 3.70. The van der Waals surface area contributed by atoms with E-state index in [-0.39, 0.29) is 0 Å². The van der Waals surface area contributed by atoms with Crippen molar-refractivity contribution >= 4 is 5.96 Å². The first kappa shape index (κ1) is 7.14. The fourth-order valence-corrected chi connectivity index (χ4v) is 0.976. The van der Waals surface area contributed by atoms with Gasteiger partial charge in [0.05, 0.1) is 0 Å². The summed E-state index contributed by atoms with van der Waals surface area (Å²) in [6, 6.07) is 0. The lowest BCUT2D eigenvalue weighted by molar-refractivity contribution is 0.353. The van der Waals surface area contributed by atoms with Gasteiger partial charge in [0.1, 0.15) is 0 Å². The fraction of sp³-hybridized carbons (Fsp3) is 0.800. The van der Waals surface area contributed by atoms with Gasteiger partial charge in [-0.15, -0.1) is 5.10 Å². The van der Waals surface area contributed by atoms with Crippen LogP contribution in [0.1, 0.15) is 0 Å². The summed E-state index contributed by atoms with van der Waals surface area (Å²) in [5, 5.41) is 6.61. The van der Waals surface area contributed by atoms with E-state index in [1.165, 1.54) is 0 Å². The summed E-state index contributed by atoms with van der Waals surface area (Å²) in [5.74, 6) is 5.44. The minimum absolute atomic E-state index is 0.432. The molecular weight excluding hydrogens is 130 g/mol. The van der Waals surface area contributed by atoms with Crippen LogP contribution in [0.25, 0.3) is 0 Å². The van der Waals surface area contributed by atoms with E-state index in [9.17, 15) is 0 Å². The monoisotopic (exact) mass is 143 g/mol. The summed E-state index contributed by atoms with van der Waals surface area (Å²) in [7, 11) is 0. The number of nitrogens with one attached hydrogen (secondary N) is 1. The quantitative estimate of drug-likeness (QED) is 0.160. The molecule has 0 aromatic heterocycles. The van der Waals surface area contributed by atoms with Gasteiger partial charge in [-0.1, -0.05) is 0 Å². The molecule has 10 heavy (non-hydrogen) atoms. The van der Waals surface area contributed by atoms with Crippen LogP contribution in [0.3, 0.4) is 0 Å². The van der Waals surface area contributed by atoms with E-state index in [1.807, 2.05) is 4.90 Å². The van der Waals surface area contributed by atoms with Crippen LogP contribution in [0.5, 0.6) is 0 Å². The molecule has 0 saturated carbocycles. The number of guanidine groups is 1. The van der Waals surface area contributed by atoms with Gasteiger partial charge in [-0.2, -0.15) is 0 Å². The highest BCUT2D eigenvalue weighted by Gasteiger charge is 2.10. The lowest BCUT2D eigenvalue weighted by atomic mass is 10.4. The molecule has 0 radical (unpaired) electrons. The summed E-state index contributed by atoms with van der Waals surface area (Å²) >= 11 is 0. The van der Waals surface area contributed by atoms with E-state index in [0.29, 0.717) is 5.96 Å². The third-order valence-corrected chi connectivity index (χ3v) is 1.57. The molecule has 1 aliphatic rings. The zero-order chi connectivity index (χ0) is 7.40. The van der Waals surface area contributed by atoms with Gasteiger partial charge in [-0.25, -0.2) is 0 Å². The Hall–Kier alpha value is -0.970. The van der Waals surface area contributed by atoms with Crippen LogP contribution in [0.15, 0.2) is 5.10 Å². The molecule has 1 rings (SSSR count). The Morgan fingerprint density at radius 3 is 2.50 bits per heavy atom. The smallest absolute Gasteiger partial charge is 0.213 e. The van der Waals surface area contributed by atoms with Crippen LogP contribution < -0.4 is 16.9 Å². The molecule has 0 spiro atoms. The molecule has 0 atom stereocenters. The Morgan fingerprint density at radius 2 is 2.00 bits per heavy atom. The molecule has 5 N–H and O–H groups in total. The van der Waals surface area contributed by atoms with Crippen molar-refractivity contribution in [3.63, 3.8) is 0 Å². The van der Waals surface area contributed by atoms with Crippen LogP contribution >= 0.6 is 0 Å². The average Bonchev–Trinajstić information content (AvgIpc) is 2.05. The van der Waals surface area contributed by atoms with Gasteiger partial charge < -0.3 is 21.8 Å². The Bertz CT molecular complexity index is 126. The number of hydrogen-bond acceptors (Lipinski definition) is 3. The lowest BCUT2D eigenvalue weighted by Crippen LogP contribution is -2.49. The SMILES string of the molecule is NN=C(N)N1CCNCC1. The fourth-order valence-electron chi connectivity index (χ4n) is 0.976. The minimum atomic E-state index is 0.432. The Labute approximate surface area is 60.0 Å². The molecule has 0 aliphatic carbocycles. The van der Waals surface area contributed by atoms with Crippen molar-refractivity contribution in [2.24, 2.45) is 16.7 Å². The first-order valence-electron chi connectivity index (χ1n) is 3.33. The van der Waals surface area contributed by atoms with E-state index in [2.05, 4.69) is 10.4 Å². The molecule has 1 saturated heterocycles. The molecule has 0 aromatic rings. The van der Waals surface area contributed by atoms with Crippen LogP contribution in [-0.4, -0.2) is 37.0 Å². The molecule has 1 heterocycles. The van der Waals surface area contributed by atoms with Crippen LogP contribution in [0, 0.1) is 0 Å². The maximum absolute atomic E-state index is 5.47. The average molecular weight is 143 g/mol. The molecule has 5 nitrogen and oxygen atoms in total. The van der Waals surface area contributed by atoms with Gasteiger partial charge >= 0.3 is 0 Å². The molecule has 0 aromatic carbocycles. The Kier molecular flexibility index (Phi) is 2.33. The lowest BCUT2D eigenvalue weighted by Gasteiger charge is -2.27. The summed E-state index contributed by atoms with van der Waals surface area (Å²) in [5.41, 5.74) is 5.47. The van der Waals surface area contributed by atoms with Crippen LogP contribution in [-0.2, 0) is 0 Å². The van der Waals surface area contributed by atoms with E-state index >= 15 is 0 Å². The highest BCUT2D eigenvalue weighted by Crippen LogP contribution is 1.89. The summed E-state index contributed by atoms with van der Waals surface area (Å²) < 4.78 is 0. The highest BCUT2D eigenvalue weighted by molar-refractivity contribution is 5.77. The second-order valence-corrected chi connectivity index (χ2v) is 2.22. The topological polar surface area (TPSA) is 79.7 Å². The van der Waals surface area contributed by atoms with Gasteiger partial charge in [-0.3, -0.25) is 0 Å². The third-order valence-electron chi connectivity index (χ3n) is 1.57. The van der Waals surface area contributed by atoms with Gasteiger partial charge in [0.2, 0.25) is 5.96 Å². The normalized spacial score (nSPS) is 21.2.